The van der Waals surface area contributed by atoms with Gasteiger partial charge in [-0.1, -0.05) is 0 Å². The molecule has 1 amide bonds. The zero-order valence-electron chi connectivity index (χ0n) is 11.4. The minimum Gasteiger partial charge on any atom is -0.494 e. The molecule has 0 bridgehead atoms. The Morgan fingerprint density at radius 1 is 1.28 bits per heavy atom. The molecule has 100 valence electrons. The van der Waals surface area contributed by atoms with E-state index in [0.29, 0.717) is 18.8 Å². The smallest absolute Gasteiger partial charge is 0.241 e. The maximum atomic E-state index is 11.6. The van der Waals surface area contributed by atoms with Gasteiger partial charge in [-0.3, -0.25) is 4.79 Å². The maximum absolute atomic E-state index is 11.6. The van der Waals surface area contributed by atoms with Crippen molar-refractivity contribution in [1.82, 2.24) is 4.90 Å². The van der Waals surface area contributed by atoms with Crippen LogP contribution in [0.4, 0.5) is 11.4 Å². The van der Waals surface area contributed by atoms with Crippen molar-refractivity contribution in [3.8, 4) is 5.75 Å². The quantitative estimate of drug-likeness (QED) is 0.799. The van der Waals surface area contributed by atoms with Crippen LogP contribution in [0.1, 0.15) is 6.92 Å². The average Bonchev–Trinajstić information content (AvgIpc) is 2.28. The number of nitrogens with zero attached hydrogens (tertiary/aromatic N) is 2. The second-order valence-corrected chi connectivity index (χ2v) is 4.34. The van der Waals surface area contributed by atoms with Crippen LogP contribution in [-0.2, 0) is 4.79 Å². The molecule has 0 radical (unpaired) electrons. The van der Waals surface area contributed by atoms with Crippen molar-refractivity contribution in [1.29, 1.82) is 0 Å². The molecule has 0 heterocycles. The Hall–Kier alpha value is -1.91. The van der Waals surface area contributed by atoms with Gasteiger partial charge in [0.15, 0.2) is 0 Å². The Morgan fingerprint density at radius 3 is 2.50 bits per heavy atom. The van der Waals surface area contributed by atoms with Crippen molar-refractivity contribution in [3.63, 3.8) is 0 Å². The molecule has 0 fully saturated rings. The first-order chi connectivity index (χ1) is 8.43. The lowest BCUT2D eigenvalue weighted by atomic mass is 10.2. The number of carbonyl (C=O) groups excluding carboxylic acids is 1. The molecule has 0 spiro atoms. The number of amides is 1. The lowest BCUT2D eigenvalue weighted by Gasteiger charge is -2.22. The van der Waals surface area contributed by atoms with Crippen molar-refractivity contribution < 1.29 is 9.53 Å². The van der Waals surface area contributed by atoms with Gasteiger partial charge >= 0.3 is 0 Å². The zero-order chi connectivity index (χ0) is 13.7. The van der Waals surface area contributed by atoms with E-state index in [1.54, 1.807) is 25.1 Å². The Kier molecular flexibility index (Phi) is 4.83. The van der Waals surface area contributed by atoms with Gasteiger partial charge < -0.3 is 20.3 Å². The van der Waals surface area contributed by atoms with E-state index in [1.165, 1.54) is 0 Å². The number of hydrogen-bond donors (Lipinski definition) is 1. The highest BCUT2D eigenvalue weighted by atomic mass is 16.5. The largest absolute Gasteiger partial charge is 0.494 e. The summed E-state index contributed by atoms with van der Waals surface area (Å²) >= 11 is 0. The Labute approximate surface area is 108 Å². The minimum absolute atomic E-state index is 0.0397. The third-order valence-electron chi connectivity index (χ3n) is 2.54. The van der Waals surface area contributed by atoms with Gasteiger partial charge in [0, 0.05) is 44.7 Å². The third-order valence-corrected chi connectivity index (χ3v) is 2.54. The molecule has 0 aromatic heterocycles. The number of rotatable bonds is 5. The zero-order valence-corrected chi connectivity index (χ0v) is 11.4. The molecule has 5 nitrogen and oxygen atoms in total. The lowest BCUT2D eigenvalue weighted by molar-refractivity contribution is -0.127. The van der Waals surface area contributed by atoms with E-state index in [1.807, 2.05) is 31.0 Å². The van der Waals surface area contributed by atoms with E-state index < -0.39 is 0 Å². The normalized spacial score (nSPS) is 10.0. The van der Waals surface area contributed by atoms with E-state index in [0.717, 1.165) is 11.4 Å². The Balaban J connectivity index is 2.84. The minimum atomic E-state index is 0.0397. The van der Waals surface area contributed by atoms with Crippen LogP contribution in [0, 0.1) is 0 Å². The van der Waals surface area contributed by atoms with Gasteiger partial charge in [0.25, 0.3) is 0 Å². The van der Waals surface area contributed by atoms with Gasteiger partial charge in [-0.05, 0) is 13.0 Å². The predicted octanol–water partition coefficient (Wildman–Crippen LogP) is 1.19. The van der Waals surface area contributed by atoms with Crippen molar-refractivity contribution in [3.05, 3.63) is 18.2 Å². The van der Waals surface area contributed by atoms with Crippen LogP contribution in [0.5, 0.6) is 5.75 Å². The van der Waals surface area contributed by atoms with Crippen LogP contribution in [0.2, 0.25) is 0 Å². The molecule has 0 saturated heterocycles. The number of ether oxygens (including phenoxy) is 1. The number of hydrogen-bond acceptors (Lipinski definition) is 4. The first-order valence-corrected chi connectivity index (χ1v) is 5.88. The summed E-state index contributed by atoms with van der Waals surface area (Å²) in [7, 11) is 5.33. The Morgan fingerprint density at radius 2 is 1.94 bits per heavy atom. The van der Waals surface area contributed by atoms with Crippen LogP contribution in [0.25, 0.3) is 0 Å². The number of carbonyl (C=O) groups is 1. The summed E-state index contributed by atoms with van der Waals surface area (Å²) < 4.78 is 5.43. The second-order valence-electron chi connectivity index (χ2n) is 4.34. The van der Waals surface area contributed by atoms with Crippen LogP contribution in [-0.4, -0.2) is 45.1 Å². The van der Waals surface area contributed by atoms with E-state index in [4.69, 9.17) is 10.5 Å². The summed E-state index contributed by atoms with van der Waals surface area (Å²) in [6, 6.07) is 5.48. The fourth-order valence-corrected chi connectivity index (χ4v) is 1.51. The molecule has 0 saturated carbocycles. The van der Waals surface area contributed by atoms with E-state index in [-0.39, 0.29) is 5.91 Å². The van der Waals surface area contributed by atoms with E-state index in [9.17, 15) is 4.79 Å². The molecule has 0 aliphatic heterocycles. The fourth-order valence-electron chi connectivity index (χ4n) is 1.51. The monoisotopic (exact) mass is 251 g/mol. The molecule has 5 heteroatoms. The van der Waals surface area contributed by atoms with Crippen LogP contribution >= 0.6 is 0 Å². The maximum Gasteiger partial charge on any atom is 0.241 e. The first-order valence-electron chi connectivity index (χ1n) is 5.88. The summed E-state index contributed by atoms with van der Waals surface area (Å²) in [5, 5.41) is 0. The summed E-state index contributed by atoms with van der Waals surface area (Å²) in [4.78, 5) is 15.1. The van der Waals surface area contributed by atoms with E-state index in [2.05, 4.69) is 0 Å². The molecule has 1 rings (SSSR count). The predicted molar refractivity (Wildman–Crippen MR) is 74.0 cm³/mol. The molecule has 0 aliphatic rings. The van der Waals surface area contributed by atoms with Gasteiger partial charge in [0.1, 0.15) is 5.75 Å². The molecule has 0 aliphatic carbocycles. The summed E-state index contributed by atoms with van der Waals surface area (Å²) in [5.74, 6) is 0.759. The summed E-state index contributed by atoms with van der Waals surface area (Å²) in [6.45, 7) is 2.81. The summed E-state index contributed by atoms with van der Waals surface area (Å²) in [6.07, 6.45) is 0. The molecule has 0 atom stereocenters. The number of benzene rings is 1. The SMILES string of the molecule is CCOc1cc(N)cc(N(C)CC(=O)N(C)C)c1. The molecule has 18 heavy (non-hydrogen) atoms. The molecular weight excluding hydrogens is 230 g/mol. The molecule has 2 N–H and O–H groups in total. The van der Waals surface area contributed by atoms with Gasteiger partial charge in [-0.25, -0.2) is 0 Å². The highest BCUT2D eigenvalue weighted by molar-refractivity contribution is 5.81. The highest BCUT2D eigenvalue weighted by Crippen LogP contribution is 2.24. The van der Waals surface area contributed by atoms with Crippen molar-refractivity contribution in [2.24, 2.45) is 0 Å². The second kappa shape index (κ2) is 6.14. The Bertz CT molecular complexity index is 419. The molecule has 1 aromatic carbocycles. The van der Waals surface area contributed by atoms with Gasteiger partial charge in [0.2, 0.25) is 5.91 Å². The number of nitrogen functional groups attached to an aromatic ring is 1. The van der Waals surface area contributed by atoms with Crippen LogP contribution in [0.3, 0.4) is 0 Å². The standard InChI is InChI=1S/C13H21N3O2/c1-5-18-12-7-10(14)6-11(8-12)16(4)9-13(17)15(2)3/h6-8H,5,9,14H2,1-4H3. The van der Waals surface area contributed by atoms with E-state index >= 15 is 0 Å². The number of anilines is 2. The average molecular weight is 251 g/mol. The van der Waals surface area contributed by atoms with Crippen molar-refractivity contribution in [2.75, 3.05) is 44.9 Å². The molecule has 0 unspecified atom stereocenters. The van der Waals surface area contributed by atoms with Crippen molar-refractivity contribution in [2.45, 2.75) is 6.92 Å². The van der Waals surface area contributed by atoms with Crippen molar-refractivity contribution >= 4 is 17.3 Å². The third kappa shape index (κ3) is 3.84. The highest BCUT2D eigenvalue weighted by Gasteiger charge is 2.10. The summed E-state index contributed by atoms with van der Waals surface area (Å²) in [5.41, 5.74) is 7.31. The van der Waals surface area contributed by atoms with Gasteiger partial charge in [-0.2, -0.15) is 0 Å². The molecular formula is C13H21N3O2. The number of nitrogens with two attached hydrogens (primary N) is 1. The first kappa shape index (κ1) is 14.2. The lowest BCUT2D eigenvalue weighted by Crippen LogP contribution is -2.34. The van der Waals surface area contributed by atoms with Gasteiger partial charge in [-0.15, -0.1) is 0 Å². The van der Waals surface area contributed by atoms with Crippen LogP contribution < -0.4 is 15.4 Å². The van der Waals surface area contributed by atoms with Crippen LogP contribution in [0.15, 0.2) is 18.2 Å². The van der Waals surface area contributed by atoms with Gasteiger partial charge in [0.05, 0.1) is 13.2 Å². The fraction of sp³-hybridized carbons (Fsp3) is 0.462. The topological polar surface area (TPSA) is 58.8 Å². The number of likely N-dealkylation sites (N-methyl/N-ethyl adjacent to an activating group) is 2. The molecule has 1 aromatic rings.